The molecule has 0 amide bonds. The third-order valence-corrected chi connectivity index (χ3v) is 4.90. The zero-order valence-corrected chi connectivity index (χ0v) is 16.1. The molecule has 1 rings (SSSR count). The third kappa shape index (κ3) is 8.70. The minimum absolute atomic E-state index is 0.0682. The van der Waals surface area contributed by atoms with Crippen LogP contribution in [0.15, 0.2) is 24.3 Å². The molecule has 0 saturated heterocycles. The van der Waals surface area contributed by atoms with E-state index in [-0.39, 0.29) is 5.92 Å². The third-order valence-electron chi connectivity index (χ3n) is 4.90. The van der Waals surface area contributed by atoms with Gasteiger partial charge in [-0.25, -0.2) is 0 Å². The van der Waals surface area contributed by atoms with Crippen LogP contribution in [0.4, 0.5) is 5.69 Å². The van der Waals surface area contributed by atoms with Crippen LogP contribution in [0.1, 0.15) is 76.9 Å². The van der Waals surface area contributed by atoms with Gasteiger partial charge in [-0.2, -0.15) is 0 Å². The lowest BCUT2D eigenvalue weighted by molar-refractivity contribution is 0.0420. The Balaban J connectivity index is 2.43. The van der Waals surface area contributed by atoms with Crippen LogP contribution in [0.3, 0.4) is 0 Å². The largest absolute Gasteiger partial charge is 0.393 e. The Morgan fingerprint density at radius 3 is 2.24 bits per heavy atom. The van der Waals surface area contributed by atoms with Gasteiger partial charge in [-0.15, -0.1) is 0 Å². The summed E-state index contributed by atoms with van der Waals surface area (Å²) < 4.78 is 0. The van der Waals surface area contributed by atoms with E-state index >= 15 is 0 Å². The highest BCUT2D eigenvalue weighted by molar-refractivity contribution is 5.44. The molecule has 0 aliphatic carbocycles. The normalized spacial score (nSPS) is 14.9. The van der Waals surface area contributed by atoms with Gasteiger partial charge in [0.05, 0.1) is 12.2 Å². The summed E-state index contributed by atoms with van der Waals surface area (Å²) in [6.45, 7) is 5.80. The van der Waals surface area contributed by atoms with Gasteiger partial charge in [-0.1, -0.05) is 58.1 Å². The number of anilines is 1. The SMILES string of the molecule is CCCCCCNc1ccc(C(O)CC(O)[C@@H](CN)CCCC)cc1. The predicted molar refractivity (Wildman–Crippen MR) is 107 cm³/mol. The molecule has 0 aliphatic heterocycles. The van der Waals surface area contributed by atoms with E-state index in [1.165, 1.54) is 25.7 Å². The molecule has 0 heterocycles. The number of unbranched alkanes of at least 4 members (excludes halogenated alkanes) is 4. The Hall–Kier alpha value is -1.10. The summed E-state index contributed by atoms with van der Waals surface area (Å²) in [6, 6.07) is 7.88. The fourth-order valence-corrected chi connectivity index (χ4v) is 3.10. The molecule has 4 nitrogen and oxygen atoms in total. The van der Waals surface area contributed by atoms with E-state index in [9.17, 15) is 10.2 Å². The molecule has 0 aliphatic rings. The zero-order valence-electron chi connectivity index (χ0n) is 16.1. The van der Waals surface area contributed by atoms with Crippen LogP contribution < -0.4 is 11.1 Å². The van der Waals surface area contributed by atoms with Crippen molar-refractivity contribution in [2.75, 3.05) is 18.4 Å². The van der Waals surface area contributed by atoms with Crippen molar-refractivity contribution in [1.82, 2.24) is 0 Å². The maximum absolute atomic E-state index is 10.4. The molecule has 25 heavy (non-hydrogen) atoms. The standard InChI is InChI=1S/C21H38N2O2/c1-3-5-7-8-14-23-19-12-10-17(11-13-19)20(24)15-21(25)18(16-22)9-6-4-2/h10-13,18,20-21,23-25H,3-9,14-16,22H2,1-2H3/t18-,20?,21?/m1/s1. The molecular weight excluding hydrogens is 312 g/mol. The van der Waals surface area contributed by atoms with Gasteiger partial charge in [0.15, 0.2) is 0 Å². The van der Waals surface area contributed by atoms with Crippen LogP contribution in [-0.4, -0.2) is 29.4 Å². The molecular formula is C21H38N2O2. The topological polar surface area (TPSA) is 78.5 Å². The van der Waals surface area contributed by atoms with Crippen molar-refractivity contribution < 1.29 is 10.2 Å². The van der Waals surface area contributed by atoms with E-state index in [2.05, 4.69) is 19.2 Å². The summed E-state index contributed by atoms with van der Waals surface area (Å²) in [5.41, 5.74) is 7.70. The van der Waals surface area contributed by atoms with E-state index in [1.807, 2.05) is 24.3 Å². The lowest BCUT2D eigenvalue weighted by Gasteiger charge is -2.24. The summed E-state index contributed by atoms with van der Waals surface area (Å²) in [6.07, 6.45) is 7.20. The predicted octanol–water partition coefficient (Wildman–Crippen LogP) is 4.23. The molecule has 2 unspecified atom stereocenters. The maximum atomic E-state index is 10.4. The molecule has 144 valence electrons. The smallest absolute Gasteiger partial charge is 0.0814 e. The number of hydrogen-bond donors (Lipinski definition) is 4. The summed E-state index contributed by atoms with van der Waals surface area (Å²) in [5, 5.41) is 24.2. The van der Waals surface area contributed by atoms with Gasteiger partial charge in [-0.3, -0.25) is 0 Å². The number of aliphatic hydroxyl groups excluding tert-OH is 2. The monoisotopic (exact) mass is 350 g/mol. The number of hydrogen-bond acceptors (Lipinski definition) is 4. The lowest BCUT2D eigenvalue weighted by Crippen LogP contribution is -2.29. The van der Waals surface area contributed by atoms with Gasteiger partial charge in [0.25, 0.3) is 0 Å². The average molecular weight is 351 g/mol. The summed E-state index contributed by atoms with van der Waals surface area (Å²) in [7, 11) is 0. The summed E-state index contributed by atoms with van der Waals surface area (Å²) in [4.78, 5) is 0. The average Bonchev–Trinajstić information content (AvgIpc) is 2.62. The van der Waals surface area contributed by atoms with Crippen LogP contribution in [0.2, 0.25) is 0 Å². The van der Waals surface area contributed by atoms with Gasteiger partial charge >= 0.3 is 0 Å². The van der Waals surface area contributed by atoms with E-state index in [0.29, 0.717) is 13.0 Å². The minimum atomic E-state index is -0.649. The lowest BCUT2D eigenvalue weighted by atomic mass is 9.90. The number of nitrogens with two attached hydrogens (primary N) is 1. The Kier molecular flexibility index (Phi) is 11.5. The molecule has 5 N–H and O–H groups in total. The van der Waals surface area contributed by atoms with Crippen molar-refractivity contribution >= 4 is 5.69 Å². The molecule has 3 atom stereocenters. The van der Waals surface area contributed by atoms with Crippen LogP contribution in [0.25, 0.3) is 0 Å². The Labute approximate surface area is 153 Å². The van der Waals surface area contributed by atoms with Crippen LogP contribution >= 0.6 is 0 Å². The molecule has 4 heteroatoms. The quantitative estimate of drug-likeness (QED) is 0.379. The van der Waals surface area contributed by atoms with Crippen LogP contribution in [0.5, 0.6) is 0 Å². The molecule has 0 radical (unpaired) electrons. The number of rotatable bonds is 14. The van der Waals surface area contributed by atoms with Crippen LogP contribution in [-0.2, 0) is 0 Å². The first-order chi connectivity index (χ1) is 12.1. The first-order valence-corrected chi connectivity index (χ1v) is 10.0. The molecule has 1 aromatic carbocycles. The molecule has 0 bridgehead atoms. The summed E-state index contributed by atoms with van der Waals surface area (Å²) >= 11 is 0. The van der Waals surface area contributed by atoms with E-state index < -0.39 is 12.2 Å². The van der Waals surface area contributed by atoms with Crippen LogP contribution in [0, 0.1) is 5.92 Å². The minimum Gasteiger partial charge on any atom is -0.393 e. The Morgan fingerprint density at radius 2 is 1.64 bits per heavy atom. The second kappa shape index (κ2) is 13.2. The second-order valence-electron chi connectivity index (χ2n) is 7.07. The van der Waals surface area contributed by atoms with Gasteiger partial charge in [0, 0.05) is 18.7 Å². The second-order valence-corrected chi connectivity index (χ2v) is 7.07. The molecule has 0 saturated carbocycles. The zero-order chi connectivity index (χ0) is 18.5. The molecule has 1 aromatic rings. The Bertz CT molecular complexity index is 436. The van der Waals surface area contributed by atoms with E-state index in [0.717, 1.165) is 37.1 Å². The Morgan fingerprint density at radius 1 is 0.960 bits per heavy atom. The number of benzene rings is 1. The van der Waals surface area contributed by atoms with Crippen molar-refractivity contribution in [3.8, 4) is 0 Å². The van der Waals surface area contributed by atoms with Crippen molar-refractivity contribution in [2.24, 2.45) is 11.7 Å². The van der Waals surface area contributed by atoms with E-state index in [4.69, 9.17) is 5.73 Å². The van der Waals surface area contributed by atoms with Crippen molar-refractivity contribution in [1.29, 1.82) is 0 Å². The van der Waals surface area contributed by atoms with Crippen molar-refractivity contribution in [3.63, 3.8) is 0 Å². The highest BCUT2D eigenvalue weighted by atomic mass is 16.3. The van der Waals surface area contributed by atoms with Crippen molar-refractivity contribution in [2.45, 2.75) is 77.4 Å². The number of nitrogens with one attached hydrogen (secondary N) is 1. The van der Waals surface area contributed by atoms with Crippen molar-refractivity contribution in [3.05, 3.63) is 29.8 Å². The highest BCUT2D eigenvalue weighted by Gasteiger charge is 2.21. The first-order valence-electron chi connectivity index (χ1n) is 10.0. The summed E-state index contributed by atoms with van der Waals surface area (Å²) in [5.74, 6) is 0.0682. The fraction of sp³-hybridized carbons (Fsp3) is 0.714. The molecule has 0 aromatic heterocycles. The number of aliphatic hydroxyl groups is 2. The molecule has 0 spiro atoms. The van der Waals surface area contributed by atoms with Gasteiger partial charge in [0.2, 0.25) is 0 Å². The first kappa shape index (κ1) is 21.9. The van der Waals surface area contributed by atoms with Gasteiger partial charge in [-0.05, 0) is 43.0 Å². The van der Waals surface area contributed by atoms with Gasteiger partial charge in [0.1, 0.15) is 0 Å². The highest BCUT2D eigenvalue weighted by Crippen LogP contribution is 2.24. The van der Waals surface area contributed by atoms with Gasteiger partial charge < -0.3 is 21.3 Å². The van der Waals surface area contributed by atoms with E-state index in [1.54, 1.807) is 0 Å². The fourth-order valence-electron chi connectivity index (χ4n) is 3.10. The molecule has 0 fully saturated rings. The maximum Gasteiger partial charge on any atom is 0.0814 e.